The molecular formula is C16H26N4O4. The van der Waals surface area contributed by atoms with Gasteiger partial charge in [0.1, 0.15) is 5.69 Å². The van der Waals surface area contributed by atoms with Gasteiger partial charge in [0.25, 0.3) is 0 Å². The third kappa shape index (κ3) is 9.16. The number of carbonyl (C=O) groups is 2. The Morgan fingerprint density at radius 3 is 2.62 bits per heavy atom. The molecule has 0 spiro atoms. The molecule has 0 bridgehead atoms. The van der Waals surface area contributed by atoms with Gasteiger partial charge in [-0.25, -0.2) is 4.68 Å². The number of ketones is 1. The minimum absolute atomic E-state index is 0.0869. The van der Waals surface area contributed by atoms with Crippen molar-refractivity contribution in [2.24, 2.45) is 0 Å². The quantitative estimate of drug-likeness (QED) is 0.424. The Morgan fingerprint density at radius 1 is 1.17 bits per heavy atom. The zero-order valence-electron chi connectivity index (χ0n) is 14.4. The maximum absolute atomic E-state index is 11.5. The van der Waals surface area contributed by atoms with Crippen molar-refractivity contribution in [2.45, 2.75) is 39.8 Å². The lowest BCUT2D eigenvalue weighted by Gasteiger charge is -2.04. The Morgan fingerprint density at radius 2 is 1.92 bits per heavy atom. The molecule has 134 valence electrons. The number of nitrogens with zero attached hydrogens (tertiary/aromatic N) is 3. The van der Waals surface area contributed by atoms with E-state index in [1.165, 1.54) is 12.2 Å². The van der Waals surface area contributed by atoms with E-state index in [0.29, 0.717) is 38.5 Å². The van der Waals surface area contributed by atoms with Crippen molar-refractivity contribution in [3.8, 4) is 0 Å². The van der Waals surface area contributed by atoms with E-state index in [1.807, 2.05) is 0 Å². The number of hydrogen-bond acceptors (Lipinski definition) is 6. The second-order valence-corrected chi connectivity index (χ2v) is 5.07. The Bertz CT molecular complexity index is 528. The van der Waals surface area contributed by atoms with Crippen LogP contribution in [0.5, 0.6) is 0 Å². The van der Waals surface area contributed by atoms with Gasteiger partial charge in [0.05, 0.1) is 39.1 Å². The molecule has 1 heterocycles. The molecule has 0 saturated carbocycles. The number of amides is 1. The summed E-state index contributed by atoms with van der Waals surface area (Å²) in [5.41, 5.74) is 0.643. The third-order valence-electron chi connectivity index (χ3n) is 2.98. The van der Waals surface area contributed by atoms with Crippen LogP contribution in [0.4, 0.5) is 0 Å². The highest BCUT2D eigenvalue weighted by molar-refractivity contribution is 5.97. The maximum Gasteiger partial charge on any atom is 0.244 e. The summed E-state index contributed by atoms with van der Waals surface area (Å²) in [5.74, 6) is -0.419. The Labute approximate surface area is 142 Å². The van der Waals surface area contributed by atoms with Crippen LogP contribution in [0.15, 0.2) is 18.3 Å². The molecule has 8 nitrogen and oxygen atoms in total. The molecule has 1 rings (SSSR count). The van der Waals surface area contributed by atoms with Crippen molar-refractivity contribution >= 4 is 11.7 Å². The molecule has 0 fully saturated rings. The average Bonchev–Trinajstić information content (AvgIpc) is 3.04. The summed E-state index contributed by atoms with van der Waals surface area (Å²) >= 11 is 0. The lowest BCUT2D eigenvalue weighted by molar-refractivity contribution is -0.118. The third-order valence-corrected chi connectivity index (χ3v) is 2.98. The van der Waals surface area contributed by atoms with Gasteiger partial charge in [0.15, 0.2) is 5.78 Å². The molecule has 0 unspecified atom stereocenters. The van der Waals surface area contributed by atoms with E-state index in [4.69, 9.17) is 9.47 Å². The molecule has 0 aliphatic rings. The highest BCUT2D eigenvalue weighted by atomic mass is 16.5. The van der Waals surface area contributed by atoms with Crippen LogP contribution >= 0.6 is 0 Å². The molecule has 1 amide bonds. The summed E-state index contributed by atoms with van der Waals surface area (Å²) < 4.78 is 12.4. The number of ether oxygens (including phenoxy) is 2. The Balaban J connectivity index is 2.18. The van der Waals surface area contributed by atoms with Crippen molar-refractivity contribution in [3.05, 3.63) is 24.0 Å². The fourth-order valence-corrected chi connectivity index (χ4v) is 1.68. The topological polar surface area (TPSA) is 95.3 Å². The van der Waals surface area contributed by atoms with Gasteiger partial charge in [-0.05, 0) is 12.5 Å². The predicted molar refractivity (Wildman–Crippen MR) is 88.2 cm³/mol. The normalized spacial score (nSPS) is 11.1. The van der Waals surface area contributed by atoms with Crippen LogP contribution in [0.1, 0.15) is 32.4 Å². The number of carbonyl (C=O) groups excluding carboxylic acids is 2. The molecule has 0 atom stereocenters. The van der Waals surface area contributed by atoms with Gasteiger partial charge in [0.2, 0.25) is 5.91 Å². The van der Waals surface area contributed by atoms with Gasteiger partial charge >= 0.3 is 0 Å². The predicted octanol–water partition coefficient (Wildman–Crippen LogP) is 0.873. The molecule has 1 aromatic rings. The number of rotatable bonds is 13. The van der Waals surface area contributed by atoms with Gasteiger partial charge in [-0.15, -0.1) is 5.10 Å². The van der Waals surface area contributed by atoms with E-state index in [1.54, 1.807) is 17.8 Å². The summed E-state index contributed by atoms with van der Waals surface area (Å²) in [6.07, 6.45) is 5.63. The molecule has 0 aromatic carbocycles. The summed E-state index contributed by atoms with van der Waals surface area (Å²) in [7, 11) is 0. The Kier molecular flexibility index (Phi) is 10.3. The van der Waals surface area contributed by atoms with Crippen LogP contribution in [0, 0.1) is 0 Å². The van der Waals surface area contributed by atoms with Crippen LogP contribution in [0.25, 0.3) is 0 Å². The summed E-state index contributed by atoms with van der Waals surface area (Å²) in [4.78, 5) is 22.6. The minimum atomic E-state index is -0.332. The SMILES string of the molecule is CCCOCCOCCn1cc(CNC(=O)/C=C/C(=O)CC)nn1. The Hall–Kier alpha value is -2.06. The molecule has 0 saturated heterocycles. The molecule has 0 aliphatic heterocycles. The summed E-state index contributed by atoms with van der Waals surface area (Å²) in [5, 5.41) is 10.6. The van der Waals surface area contributed by atoms with E-state index in [-0.39, 0.29) is 18.2 Å². The van der Waals surface area contributed by atoms with Crippen LogP contribution in [0.2, 0.25) is 0 Å². The van der Waals surface area contributed by atoms with Gasteiger partial charge in [0, 0.05) is 19.1 Å². The number of allylic oxidation sites excluding steroid dienone is 1. The van der Waals surface area contributed by atoms with Gasteiger partial charge < -0.3 is 14.8 Å². The van der Waals surface area contributed by atoms with Gasteiger partial charge in [-0.1, -0.05) is 19.1 Å². The highest BCUT2D eigenvalue weighted by Gasteiger charge is 2.03. The zero-order chi connectivity index (χ0) is 17.6. The van der Waals surface area contributed by atoms with Crippen molar-refractivity contribution in [1.82, 2.24) is 20.3 Å². The van der Waals surface area contributed by atoms with Gasteiger partial charge in [-0.2, -0.15) is 0 Å². The van der Waals surface area contributed by atoms with E-state index in [0.717, 1.165) is 13.0 Å². The van der Waals surface area contributed by atoms with Crippen molar-refractivity contribution in [2.75, 3.05) is 26.4 Å². The highest BCUT2D eigenvalue weighted by Crippen LogP contribution is 1.94. The van der Waals surface area contributed by atoms with Crippen LogP contribution in [-0.4, -0.2) is 53.1 Å². The molecule has 24 heavy (non-hydrogen) atoms. The molecular weight excluding hydrogens is 312 g/mol. The van der Waals surface area contributed by atoms with Crippen LogP contribution in [0.3, 0.4) is 0 Å². The molecule has 8 heteroatoms. The van der Waals surface area contributed by atoms with Crippen LogP contribution in [-0.2, 0) is 32.2 Å². The lowest BCUT2D eigenvalue weighted by Crippen LogP contribution is -2.20. The fourth-order valence-electron chi connectivity index (χ4n) is 1.68. The first kappa shape index (κ1) is 20.0. The van der Waals surface area contributed by atoms with E-state index in [9.17, 15) is 9.59 Å². The van der Waals surface area contributed by atoms with Gasteiger partial charge in [-0.3, -0.25) is 9.59 Å². The number of nitrogens with one attached hydrogen (secondary N) is 1. The first-order valence-electron chi connectivity index (χ1n) is 8.19. The smallest absolute Gasteiger partial charge is 0.244 e. The first-order valence-corrected chi connectivity index (χ1v) is 8.19. The second kappa shape index (κ2) is 12.4. The zero-order valence-corrected chi connectivity index (χ0v) is 14.4. The maximum atomic E-state index is 11.5. The average molecular weight is 338 g/mol. The second-order valence-electron chi connectivity index (χ2n) is 5.07. The minimum Gasteiger partial charge on any atom is -0.379 e. The molecule has 0 aliphatic carbocycles. The number of aromatic nitrogens is 3. The fraction of sp³-hybridized carbons (Fsp3) is 0.625. The lowest BCUT2D eigenvalue weighted by atomic mass is 10.3. The largest absolute Gasteiger partial charge is 0.379 e. The summed E-state index contributed by atoms with van der Waals surface area (Å²) in [6.45, 7) is 7.07. The van der Waals surface area contributed by atoms with E-state index >= 15 is 0 Å². The first-order chi connectivity index (χ1) is 11.7. The number of hydrogen-bond donors (Lipinski definition) is 1. The monoisotopic (exact) mass is 338 g/mol. The summed E-state index contributed by atoms with van der Waals surface area (Å²) in [6, 6.07) is 0. The van der Waals surface area contributed by atoms with E-state index < -0.39 is 0 Å². The van der Waals surface area contributed by atoms with Crippen molar-refractivity contribution in [1.29, 1.82) is 0 Å². The van der Waals surface area contributed by atoms with Crippen molar-refractivity contribution in [3.63, 3.8) is 0 Å². The van der Waals surface area contributed by atoms with Crippen molar-refractivity contribution < 1.29 is 19.1 Å². The standard InChI is InChI=1S/C16H26N4O4/c1-3-8-23-10-11-24-9-7-20-13-14(18-19-20)12-17-16(22)6-5-15(21)4-2/h5-6,13H,3-4,7-12H2,1-2H3,(H,17,22)/b6-5+. The van der Waals surface area contributed by atoms with Crippen LogP contribution < -0.4 is 5.32 Å². The molecule has 1 aromatic heterocycles. The molecule has 1 N–H and O–H groups in total. The molecule has 0 radical (unpaired) electrons. The van der Waals surface area contributed by atoms with E-state index in [2.05, 4.69) is 22.6 Å².